The van der Waals surface area contributed by atoms with Crippen LogP contribution in [-0.2, 0) is 0 Å². The van der Waals surface area contributed by atoms with Gasteiger partial charge in [0.2, 0.25) is 5.82 Å². The van der Waals surface area contributed by atoms with E-state index in [1.807, 2.05) is 37.3 Å². The number of fused-ring (bicyclic) bond motifs is 1. The predicted molar refractivity (Wildman–Crippen MR) is 113 cm³/mol. The minimum Gasteiger partial charge on any atom is -0.431 e. The van der Waals surface area contributed by atoms with Gasteiger partial charge in [-0.25, -0.2) is 4.98 Å². The second kappa shape index (κ2) is 7.80. The predicted octanol–water partition coefficient (Wildman–Crippen LogP) is 5.54. The summed E-state index contributed by atoms with van der Waals surface area (Å²) in [6.07, 6.45) is 2.84. The second-order valence-electron chi connectivity index (χ2n) is 6.17. The summed E-state index contributed by atoms with van der Waals surface area (Å²) in [5.74, 6) is 0.221. The highest BCUT2D eigenvalue weighted by molar-refractivity contribution is 9.10. The molecule has 4 aromatic rings. The maximum atomic E-state index is 11.8. The van der Waals surface area contributed by atoms with Crippen LogP contribution in [0.2, 0.25) is 0 Å². The lowest BCUT2D eigenvalue weighted by molar-refractivity contribution is -0.385. The number of nitrogens with zero attached hydrogens (tertiary/aromatic N) is 4. The SMILES string of the molecule is Cc1ccc(Nc2ncnc(Oc3ccc(Br)c4cccnc34)c2[N+](=O)[O-])cc1. The quantitative estimate of drug-likeness (QED) is 0.313. The molecule has 4 rings (SSSR count). The number of hydrogen-bond acceptors (Lipinski definition) is 7. The average molecular weight is 452 g/mol. The van der Waals surface area contributed by atoms with Crippen LogP contribution in [0.4, 0.5) is 17.2 Å². The summed E-state index contributed by atoms with van der Waals surface area (Å²) < 4.78 is 6.66. The number of ether oxygens (including phenoxy) is 1. The third-order valence-electron chi connectivity index (χ3n) is 4.17. The third kappa shape index (κ3) is 3.85. The molecule has 0 saturated heterocycles. The smallest absolute Gasteiger partial charge is 0.373 e. The van der Waals surface area contributed by atoms with Crippen molar-refractivity contribution in [2.45, 2.75) is 6.92 Å². The first kappa shape index (κ1) is 18.8. The molecule has 2 aromatic carbocycles. The van der Waals surface area contributed by atoms with E-state index in [4.69, 9.17) is 4.74 Å². The summed E-state index contributed by atoms with van der Waals surface area (Å²) in [6, 6.07) is 14.6. The minimum absolute atomic E-state index is 0.0400. The van der Waals surface area contributed by atoms with E-state index in [0.717, 1.165) is 15.4 Å². The van der Waals surface area contributed by atoms with Gasteiger partial charge in [0, 0.05) is 21.7 Å². The van der Waals surface area contributed by atoms with Gasteiger partial charge in [0.05, 0.1) is 4.92 Å². The summed E-state index contributed by atoms with van der Waals surface area (Å²) in [5, 5.41) is 15.6. The Morgan fingerprint density at radius 3 is 2.62 bits per heavy atom. The van der Waals surface area contributed by atoms with Crippen molar-refractivity contribution >= 4 is 44.0 Å². The molecule has 0 spiro atoms. The van der Waals surface area contributed by atoms with E-state index in [9.17, 15) is 10.1 Å². The number of aryl methyl sites for hydroxylation is 1. The zero-order valence-electron chi connectivity index (χ0n) is 15.2. The van der Waals surface area contributed by atoms with E-state index in [1.165, 1.54) is 6.33 Å². The van der Waals surface area contributed by atoms with Gasteiger partial charge in [-0.1, -0.05) is 39.7 Å². The fourth-order valence-electron chi connectivity index (χ4n) is 2.77. The monoisotopic (exact) mass is 451 g/mol. The Kier molecular flexibility index (Phi) is 5.05. The Morgan fingerprint density at radius 2 is 1.86 bits per heavy atom. The number of anilines is 2. The van der Waals surface area contributed by atoms with Crippen molar-refractivity contribution in [3.63, 3.8) is 0 Å². The highest BCUT2D eigenvalue weighted by Gasteiger charge is 2.26. The molecule has 2 heterocycles. The first-order valence-electron chi connectivity index (χ1n) is 8.57. The Balaban J connectivity index is 1.76. The van der Waals surface area contributed by atoms with Crippen LogP contribution in [-0.4, -0.2) is 19.9 Å². The molecule has 0 aliphatic carbocycles. The zero-order valence-corrected chi connectivity index (χ0v) is 16.8. The van der Waals surface area contributed by atoms with Crippen molar-refractivity contribution in [1.82, 2.24) is 15.0 Å². The molecule has 0 fully saturated rings. The lowest BCUT2D eigenvalue weighted by atomic mass is 10.2. The Hall–Kier alpha value is -3.59. The highest BCUT2D eigenvalue weighted by Crippen LogP contribution is 2.38. The van der Waals surface area contributed by atoms with Crippen molar-refractivity contribution in [1.29, 1.82) is 0 Å². The van der Waals surface area contributed by atoms with Gasteiger partial charge in [0.15, 0.2) is 5.75 Å². The maximum Gasteiger partial charge on any atom is 0.373 e. The average Bonchev–Trinajstić information content (AvgIpc) is 2.72. The largest absolute Gasteiger partial charge is 0.431 e. The number of halogens is 1. The molecule has 0 aliphatic rings. The molecule has 9 heteroatoms. The normalized spacial score (nSPS) is 10.7. The molecule has 0 radical (unpaired) electrons. The van der Waals surface area contributed by atoms with Gasteiger partial charge in [-0.3, -0.25) is 15.1 Å². The van der Waals surface area contributed by atoms with E-state index in [1.54, 1.807) is 24.4 Å². The molecule has 1 N–H and O–H groups in total. The molecular formula is C20H14BrN5O3. The van der Waals surface area contributed by atoms with Crippen molar-refractivity contribution < 1.29 is 9.66 Å². The van der Waals surface area contributed by atoms with Crippen LogP contribution in [0.3, 0.4) is 0 Å². The van der Waals surface area contributed by atoms with Gasteiger partial charge in [0.25, 0.3) is 0 Å². The molecule has 0 bridgehead atoms. The zero-order chi connectivity index (χ0) is 20.4. The second-order valence-corrected chi connectivity index (χ2v) is 7.03. The third-order valence-corrected chi connectivity index (χ3v) is 4.86. The Bertz CT molecular complexity index is 1210. The Labute approximate surface area is 173 Å². The van der Waals surface area contributed by atoms with E-state index in [2.05, 4.69) is 36.2 Å². The molecule has 0 atom stereocenters. The lowest BCUT2D eigenvalue weighted by Gasteiger charge is -2.11. The molecule has 144 valence electrons. The number of pyridine rings is 1. The molecule has 0 unspecified atom stereocenters. The number of benzene rings is 2. The van der Waals surface area contributed by atoms with Gasteiger partial charge in [-0.2, -0.15) is 4.98 Å². The van der Waals surface area contributed by atoms with Gasteiger partial charge in [-0.05, 0) is 37.3 Å². The molecule has 29 heavy (non-hydrogen) atoms. The highest BCUT2D eigenvalue weighted by atomic mass is 79.9. The van der Waals surface area contributed by atoms with E-state index in [-0.39, 0.29) is 17.4 Å². The number of nitro groups is 1. The molecule has 0 saturated carbocycles. The van der Waals surface area contributed by atoms with E-state index < -0.39 is 4.92 Å². The topological polar surface area (TPSA) is 103 Å². The summed E-state index contributed by atoms with van der Waals surface area (Å²) in [5.41, 5.74) is 1.94. The van der Waals surface area contributed by atoms with Crippen LogP contribution >= 0.6 is 15.9 Å². The number of aromatic nitrogens is 3. The first-order chi connectivity index (χ1) is 14.0. The van der Waals surface area contributed by atoms with Gasteiger partial charge in [0.1, 0.15) is 11.8 Å². The van der Waals surface area contributed by atoms with Gasteiger partial charge >= 0.3 is 11.6 Å². The number of hydrogen-bond donors (Lipinski definition) is 1. The van der Waals surface area contributed by atoms with E-state index in [0.29, 0.717) is 17.0 Å². The van der Waals surface area contributed by atoms with Crippen LogP contribution in [0, 0.1) is 17.0 Å². The van der Waals surface area contributed by atoms with Crippen LogP contribution in [0.15, 0.2) is 65.5 Å². The molecule has 8 nitrogen and oxygen atoms in total. The summed E-state index contributed by atoms with van der Waals surface area (Å²) in [6.45, 7) is 1.96. The number of nitrogens with one attached hydrogen (secondary N) is 1. The van der Waals surface area contributed by atoms with Crippen molar-refractivity contribution in [2.75, 3.05) is 5.32 Å². The van der Waals surface area contributed by atoms with Gasteiger partial charge < -0.3 is 10.1 Å². The molecular weight excluding hydrogens is 438 g/mol. The fraction of sp³-hybridized carbons (Fsp3) is 0.0500. The van der Waals surface area contributed by atoms with Crippen LogP contribution < -0.4 is 10.1 Å². The van der Waals surface area contributed by atoms with Crippen LogP contribution in [0.5, 0.6) is 11.6 Å². The fourth-order valence-corrected chi connectivity index (χ4v) is 3.22. The minimum atomic E-state index is -0.569. The molecule has 2 aromatic heterocycles. The molecule has 0 amide bonds. The number of rotatable bonds is 5. The van der Waals surface area contributed by atoms with Gasteiger partial charge in [-0.15, -0.1) is 0 Å². The Morgan fingerprint density at radius 1 is 1.07 bits per heavy atom. The standard InChI is InChI=1S/C20H14BrN5O3/c1-12-4-6-13(7-5-12)25-19-18(26(27)28)20(24-11-23-19)29-16-9-8-15(21)14-3-2-10-22-17(14)16/h2-11H,1H3,(H,23,24,25). The summed E-state index contributed by atoms with van der Waals surface area (Å²) >= 11 is 3.47. The summed E-state index contributed by atoms with van der Waals surface area (Å²) in [7, 11) is 0. The maximum absolute atomic E-state index is 11.8. The summed E-state index contributed by atoms with van der Waals surface area (Å²) in [4.78, 5) is 23.6. The van der Waals surface area contributed by atoms with Crippen molar-refractivity contribution in [3.8, 4) is 11.6 Å². The molecule has 0 aliphatic heterocycles. The van der Waals surface area contributed by atoms with E-state index >= 15 is 0 Å². The van der Waals surface area contributed by atoms with Crippen LogP contribution in [0.1, 0.15) is 5.56 Å². The van der Waals surface area contributed by atoms with Crippen molar-refractivity contribution in [2.24, 2.45) is 0 Å². The lowest BCUT2D eigenvalue weighted by Crippen LogP contribution is -2.04. The van der Waals surface area contributed by atoms with Crippen LogP contribution in [0.25, 0.3) is 10.9 Å². The van der Waals surface area contributed by atoms with Crippen molar-refractivity contribution in [3.05, 3.63) is 81.2 Å². The first-order valence-corrected chi connectivity index (χ1v) is 9.36.